The monoisotopic (exact) mass is 304 g/mol. The van der Waals surface area contributed by atoms with Crippen LogP contribution in [0.1, 0.15) is 37.1 Å². The van der Waals surface area contributed by atoms with E-state index < -0.39 is 0 Å². The van der Waals surface area contributed by atoms with E-state index in [-0.39, 0.29) is 0 Å². The molecule has 0 atom stereocenters. The fraction of sp³-hybridized carbons (Fsp3) is 0.824. The smallest absolute Gasteiger partial charge is 0.208 e. The number of oxazole rings is 1. The summed E-state index contributed by atoms with van der Waals surface area (Å²) < 4.78 is 5.95. The molecule has 1 aliphatic carbocycles. The van der Waals surface area contributed by atoms with Crippen LogP contribution in [0.2, 0.25) is 0 Å². The number of aryl methyl sites for hydroxylation is 2. The Hall–Kier alpha value is -0.910. The summed E-state index contributed by atoms with van der Waals surface area (Å²) in [4.78, 5) is 12.4. The number of hydrogen-bond donors (Lipinski definition) is 0. The number of fused-ring (bicyclic) bond motifs is 1. The lowest BCUT2D eigenvalue weighted by Gasteiger charge is -2.47. The van der Waals surface area contributed by atoms with E-state index in [1.54, 1.807) is 0 Å². The van der Waals surface area contributed by atoms with Crippen molar-refractivity contribution in [1.29, 1.82) is 0 Å². The summed E-state index contributed by atoms with van der Waals surface area (Å²) in [6.45, 7) is 11.7. The zero-order chi connectivity index (χ0) is 14.9. The predicted molar refractivity (Wildman–Crippen MR) is 85.9 cm³/mol. The van der Waals surface area contributed by atoms with Crippen molar-refractivity contribution in [2.24, 2.45) is 0 Å². The summed E-state index contributed by atoms with van der Waals surface area (Å²) in [5.41, 5.74) is 1.23. The standard InChI is InChI=1S/C17H28N4O/c1-2-19-7-9-21(10-8-19)14-11-20(12-14)13-17-18-15-5-3-4-6-16(15)22-17/h14H,2-13H2,1H3. The summed E-state index contributed by atoms with van der Waals surface area (Å²) in [7, 11) is 0. The van der Waals surface area contributed by atoms with E-state index in [4.69, 9.17) is 9.40 Å². The van der Waals surface area contributed by atoms with Crippen LogP contribution in [0, 0.1) is 0 Å². The first-order valence-corrected chi connectivity index (χ1v) is 8.98. The van der Waals surface area contributed by atoms with Crippen molar-refractivity contribution in [1.82, 2.24) is 19.7 Å². The Labute approximate surface area is 133 Å². The second kappa shape index (κ2) is 6.30. The number of rotatable bonds is 4. The van der Waals surface area contributed by atoms with Crippen LogP contribution in [0.4, 0.5) is 0 Å². The van der Waals surface area contributed by atoms with Gasteiger partial charge in [0.15, 0.2) is 0 Å². The third-order valence-electron chi connectivity index (χ3n) is 5.56. The molecule has 2 saturated heterocycles. The number of likely N-dealkylation sites (tertiary alicyclic amines) is 1. The Kier molecular flexibility index (Phi) is 4.20. The first kappa shape index (κ1) is 14.7. The predicted octanol–water partition coefficient (Wildman–Crippen LogP) is 1.38. The molecule has 4 rings (SSSR count). The van der Waals surface area contributed by atoms with Crippen molar-refractivity contribution >= 4 is 0 Å². The summed E-state index contributed by atoms with van der Waals surface area (Å²) in [5, 5.41) is 0. The first-order valence-electron chi connectivity index (χ1n) is 8.98. The molecule has 3 heterocycles. The molecule has 3 aliphatic rings. The zero-order valence-corrected chi connectivity index (χ0v) is 13.8. The lowest BCUT2D eigenvalue weighted by molar-refractivity contribution is -0.00152. The zero-order valence-electron chi connectivity index (χ0n) is 13.8. The van der Waals surface area contributed by atoms with Crippen molar-refractivity contribution in [3.05, 3.63) is 17.3 Å². The average molecular weight is 304 g/mol. The van der Waals surface area contributed by atoms with Gasteiger partial charge in [-0.2, -0.15) is 0 Å². The molecule has 0 aromatic carbocycles. The van der Waals surface area contributed by atoms with E-state index in [2.05, 4.69) is 21.6 Å². The van der Waals surface area contributed by atoms with Gasteiger partial charge in [0.2, 0.25) is 5.89 Å². The van der Waals surface area contributed by atoms with Gasteiger partial charge in [0, 0.05) is 51.7 Å². The highest BCUT2D eigenvalue weighted by Crippen LogP contribution is 2.24. The maximum atomic E-state index is 5.95. The summed E-state index contributed by atoms with van der Waals surface area (Å²) in [6, 6.07) is 0.753. The van der Waals surface area contributed by atoms with Crippen molar-refractivity contribution < 1.29 is 4.42 Å². The van der Waals surface area contributed by atoms with Crippen molar-refractivity contribution in [2.75, 3.05) is 45.8 Å². The summed E-state index contributed by atoms with van der Waals surface area (Å²) in [5.74, 6) is 2.11. The maximum Gasteiger partial charge on any atom is 0.208 e. The SMILES string of the molecule is CCN1CCN(C2CN(Cc3nc4c(o3)CCCC4)C2)CC1. The van der Waals surface area contributed by atoms with Crippen LogP contribution in [0.5, 0.6) is 0 Å². The molecule has 0 saturated carbocycles. The van der Waals surface area contributed by atoms with E-state index in [1.165, 1.54) is 64.3 Å². The van der Waals surface area contributed by atoms with Crippen LogP contribution in [-0.4, -0.2) is 71.5 Å². The van der Waals surface area contributed by atoms with Crippen molar-refractivity contribution in [3.63, 3.8) is 0 Å². The molecule has 0 bridgehead atoms. The average Bonchev–Trinajstić information content (AvgIpc) is 2.93. The van der Waals surface area contributed by atoms with Crippen LogP contribution < -0.4 is 0 Å². The van der Waals surface area contributed by atoms with Gasteiger partial charge >= 0.3 is 0 Å². The normalized spacial score (nSPS) is 25.1. The number of piperazine rings is 1. The van der Waals surface area contributed by atoms with Crippen LogP contribution in [0.15, 0.2) is 4.42 Å². The summed E-state index contributed by atoms with van der Waals surface area (Å²) in [6.07, 6.45) is 4.74. The minimum absolute atomic E-state index is 0.753. The molecule has 5 heteroatoms. The highest BCUT2D eigenvalue weighted by molar-refractivity contribution is 5.13. The molecule has 22 heavy (non-hydrogen) atoms. The van der Waals surface area contributed by atoms with E-state index in [9.17, 15) is 0 Å². The minimum Gasteiger partial charge on any atom is -0.444 e. The van der Waals surface area contributed by atoms with Gasteiger partial charge in [0.05, 0.1) is 12.2 Å². The third kappa shape index (κ3) is 2.94. The fourth-order valence-electron chi connectivity index (χ4n) is 4.01. The molecule has 1 aromatic rings. The lowest BCUT2D eigenvalue weighted by atomic mass is 10.0. The molecule has 122 valence electrons. The molecular formula is C17H28N4O. The Morgan fingerprint density at radius 3 is 2.55 bits per heavy atom. The van der Waals surface area contributed by atoms with Gasteiger partial charge in [-0.3, -0.25) is 9.80 Å². The molecule has 1 aromatic heterocycles. The fourth-order valence-corrected chi connectivity index (χ4v) is 4.01. The molecule has 0 spiro atoms. The van der Waals surface area contributed by atoms with E-state index in [1.807, 2.05) is 0 Å². The number of aromatic nitrogens is 1. The largest absolute Gasteiger partial charge is 0.444 e. The van der Waals surface area contributed by atoms with Gasteiger partial charge in [0.25, 0.3) is 0 Å². The van der Waals surface area contributed by atoms with Gasteiger partial charge in [-0.05, 0) is 25.8 Å². The highest BCUT2D eigenvalue weighted by atomic mass is 16.4. The molecule has 0 unspecified atom stereocenters. The Morgan fingerprint density at radius 2 is 1.82 bits per heavy atom. The van der Waals surface area contributed by atoms with E-state index >= 15 is 0 Å². The van der Waals surface area contributed by atoms with E-state index in [0.29, 0.717) is 0 Å². The number of nitrogens with zero attached hydrogens (tertiary/aromatic N) is 4. The lowest BCUT2D eigenvalue weighted by Crippen LogP contribution is -2.62. The minimum atomic E-state index is 0.753. The first-order chi connectivity index (χ1) is 10.8. The molecule has 0 N–H and O–H groups in total. The van der Waals surface area contributed by atoms with Gasteiger partial charge < -0.3 is 9.32 Å². The topological polar surface area (TPSA) is 35.8 Å². The Balaban J connectivity index is 1.25. The van der Waals surface area contributed by atoms with Crippen LogP contribution >= 0.6 is 0 Å². The molecular weight excluding hydrogens is 276 g/mol. The number of hydrogen-bond acceptors (Lipinski definition) is 5. The second-order valence-corrected chi connectivity index (χ2v) is 7.00. The second-order valence-electron chi connectivity index (χ2n) is 7.00. The van der Waals surface area contributed by atoms with Gasteiger partial charge in [0.1, 0.15) is 5.76 Å². The van der Waals surface area contributed by atoms with E-state index in [0.717, 1.165) is 37.1 Å². The van der Waals surface area contributed by atoms with Gasteiger partial charge in [-0.15, -0.1) is 0 Å². The molecule has 0 radical (unpaired) electrons. The Bertz CT molecular complexity index is 477. The van der Waals surface area contributed by atoms with Crippen LogP contribution in [-0.2, 0) is 19.4 Å². The van der Waals surface area contributed by atoms with Crippen LogP contribution in [0.3, 0.4) is 0 Å². The molecule has 2 aliphatic heterocycles. The number of likely N-dealkylation sites (N-methyl/N-ethyl adjacent to an activating group) is 1. The third-order valence-corrected chi connectivity index (χ3v) is 5.56. The Morgan fingerprint density at radius 1 is 1.05 bits per heavy atom. The molecule has 5 nitrogen and oxygen atoms in total. The highest BCUT2D eigenvalue weighted by Gasteiger charge is 2.34. The van der Waals surface area contributed by atoms with Crippen molar-refractivity contribution in [3.8, 4) is 0 Å². The molecule has 2 fully saturated rings. The van der Waals surface area contributed by atoms with Crippen molar-refractivity contribution in [2.45, 2.75) is 45.2 Å². The van der Waals surface area contributed by atoms with Gasteiger partial charge in [-0.1, -0.05) is 6.92 Å². The maximum absolute atomic E-state index is 5.95. The quantitative estimate of drug-likeness (QED) is 0.840. The van der Waals surface area contributed by atoms with Crippen LogP contribution in [0.25, 0.3) is 0 Å². The molecule has 0 amide bonds. The summed E-state index contributed by atoms with van der Waals surface area (Å²) >= 11 is 0. The van der Waals surface area contributed by atoms with Gasteiger partial charge in [-0.25, -0.2) is 4.98 Å².